The Balaban J connectivity index is 2.31. The van der Waals surface area contributed by atoms with Crippen LogP contribution in [-0.4, -0.2) is 51.4 Å². The minimum atomic E-state index is -1.13. The van der Waals surface area contributed by atoms with E-state index < -0.39 is 18.1 Å². The maximum Gasteiger partial charge on any atom is 0.330 e. The number of fused-ring (bicyclic) bond motifs is 1. The lowest BCUT2D eigenvalue weighted by atomic mass is 9.98. The normalized spacial score (nSPS) is 35.6. The number of carboxylic acid groups (broad SMARTS) is 1. The van der Waals surface area contributed by atoms with E-state index in [1.807, 2.05) is 0 Å². The molecule has 2 fully saturated rings. The maximum absolute atomic E-state index is 11.5. The van der Waals surface area contributed by atoms with Gasteiger partial charge in [0.05, 0.1) is 0 Å². The van der Waals surface area contributed by atoms with Crippen molar-refractivity contribution in [2.75, 3.05) is 5.75 Å². The summed E-state index contributed by atoms with van der Waals surface area (Å²) in [6.07, 6.45) is 1.75. The van der Waals surface area contributed by atoms with Gasteiger partial charge in [-0.25, -0.2) is 4.79 Å². The van der Waals surface area contributed by atoms with E-state index in [0.717, 1.165) is 0 Å². The summed E-state index contributed by atoms with van der Waals surface area (Å²) in [5.74, 6) is -1.09. The van der Waals surface area contributed by atoms with Gasteiger partial charge >= 0.3 is 5.97 Å². The number of carbonyl (C=O) groups is 3. The van der Waals surface area contributed by atoms with E-state index in [1.165, 1.54) is 22.7 Å². The van der Waals surface area contributed by atoms with Crippen molar-refractivity contribution in [2.45, 2.75) is 17.5 Å². The molecular weight excluding hydrogens is 232 g/mol. The zero-order chi connectivity index (χ0) is 11.9. The number of carbonyl (C=O) groups excluding carboxylic acids is 2. The first kappa shape index (κ1) is 11.2. The summed E-state index contributed by atoms with van der Waals surface area (Å²) in [6.45, 7) is 0. The van der Waals surface area contributed by atoms with Gasteiger partial charge in [-0.2, -0.15) is 0 Å². The van der Waals surface area contributed by atoms with E-state index in [1.54, 1.807) is 0 Å². The van der Waals surface area contributed by atoms with Crippen LogP contribution < -0.4 is 5.73 Å². The van der Waals surface area contributed by atoms with E-state index in [2.05, 4.69) is 0 Å². The van der Waals surface area contributed by atoms with Gasteiger partial charge in [-0.3, -0.25) is 9.59 Å². The first-order valence-corrected chi connectivity index (χ1v) is 5.69. The number of aldehydes is 1. The Bertz CT molecular complexity index is 395. The van der Waals surface area contributed by atoms with Crippen LogP contribution in [0, 0.1) is 0 Å². The monoisotopic (exact) mass is 242 g/mol. The highest BCUT2D eigenvalue weighted by molar-refractivity contribution is 8.00. The van der Waals surface area contributed by atoms with Crippen LogP contribution in [0.1, 0.15) is 0 Å². The van der Waals surface area contributed by atoms with Gasteiger partial charge < -0.3 is 15.7 Å². The van der Waals surface area contributed by atoms with E-state index in [0.29, 0.717) is 17.6 Å². The smallest absolute Gasteiger partial charge is 0.330 e. The maximum atomic E-state index is 11.5. The lowest BCUT2D eigenvalue weighted by molar-refractivity contribution is -0.158. The van der Waals surface area contributed by atoms with Gasteiger partial charge in [-0.1, -0.05) is 0 Å². The third-order valence-electron chi connectivity index (χ3n) is 2.69. The molecule has 0 aromatic carbocycles. The van der Waals surface area contributed by atoms with Gasteiger partial charge in [0, 0.05) is 5.75 Å². The van der Waals surface area contributed by atoms with Gasteiger partial charge in [0.15, 0.2) is 6.04 Å². The molecule has 0 aromatic heterocycles. The number of nitrogens with two attached hydrogens (primary N) is 1. The molecule has 2 heterocycles. The fourth-order valence-corrected chi connectivity index (χ4v) is 3.24. The summed E-state index contributed by atoms with van der Waals surface area (Å²) >= 11 is 1.38. The summed E-state index contributed by atoms with van der Waals surface area (Å²) in [6, 6.07) is -1.66. The number of amides is 1. The predicted octanol–water partition coefficient (Wildman–Crippen LogP) is -1.19. The van der Waals surface area contributed by atoms with Crippen LogP contribution in [0.5, 0.6) is 0 Å². The second-order valence-corrected chi connectivity index (χ2v) is 4.70. The topological polar surface area (TPSA) is 101 Å². The van der Waals surface area contributed by atoms with E-state index >= 15 is 0 Å². The average molecular weight is 242 g/mol. The molecule has 0 aromatic rings. The Kier molecular flexibility index (Phi) is 2.73. The summed E-state index contributed by atoms with van der Waals surface area (Å²) < 4.78 is 0. The van der Waals surface area contributed by atoms with E-state index in [-0.39, 0.29) is 11.3 Å². The molecule has 0 radical (unpaired) electrons. The molecule has 0 spiro atoms. The molecule has 2 aliphatic rings. The number of allylic oxidation sites excluding steroid dienone is 1. The van der Waals surface area contributed by atoms with Crippen LogP contribution in [0.3, 0.4) is 0 Å². The summed E-state index contributed by atoms with van der Waals surface area (Å²) in [4.78, 5) is 34.2. The summed E-state index contributed by atoms with van der Waals surface area (Å²) in [5, 5.41) is 8.78. The zero-order valence-electron chi connectivity index (χ0n) is 8.20. The zero-order valence-corrected chi connectivity index (χ0v) is 9.02. The molecule has 0 saturated carbocycles. The van der Waals surface area contributed by atoms with Crippen molar-refractivity contribution in [2.24, 2.45) is 5.73 Å². The second-order valence-electron chi connectivity index (χ2n) is 3.59. The van der Waals surface area contributed by atoms with E-state index in [4.69, 9.17) is 10.8 Å². The van der Waals surface area contributed by atoms with Crippen LogP contribution in [0.25, 0.3) is 0 Å². The molecule has 7 heteroatoms. The fourth-order valence-electron chi connectivity index (χ4n) is 1.91. The molecule has 3 N–H and O–H groups in total. The van der Waals surface area contributed by atoms with Crippen molar-refractivity contribution in [3.8, 4) is 0 Å². The molecule has 3 atom stereocenters. The van der Waals surface area contributed by atoms with Crippen molar-refractivity contribution in [3.05, 3.63) is 11.6 Å². The molecule has 1 unspecified atom stereocenters. The molecule has 86 valence electrons. The van der Waals surface area contributed by atoms with Crippen LogP contribution in [-0.2, 0) is 14.4 Å². The first-order chi connectivity index (χ1) is 7.57. The largest absolute Gasteiger partial charge is 0.479 e. The molecule has 1 amide bonds. The van der Waals surface area contributed by atoms with Crippen LogP contribution in [0.15, 0.2) is 11.6 Å². The number of hydrogen-bond acceptors (Lipinski definition) is 5. The quantitative estimate of drug-likeness (QED) is 0.358. The molecule has 2 aliphatic heterocycles. The van der Waals surface area contributed by atoms with Crippen molar-refractivity contribution in [3.63, 3.8) is 0 Å². The predicted molar refractivity (Wildman–Crippen MR) is 56.6 cm³/mol. The van der Waals surface area contributed by atoms with Gasteiger partial charge in [-0.15, -0.1) is 11.8 Å². The van der Waals surface area contributed by atoms with Crippen LogP contribution >= 0.6 is 11.8 Å². The van der Waals surface area contributed by atoms with Gasteiger partial charge in [0.1, 0.15) is 17.7 Å². The molecular formula is C9H10N2O4S. The standard InChI is InChI=1S/C9H10N2O4S/c10-5-7(13)11-6(9(14)15)4(1-2-12)3-16-8(5)11/h1-2,5-6,8H,3,10H2,(H,14,15)/t5-,6?,8+/m1/s1. The first-order valence-electron chi connectivity index (χ1n) is 4.64. The van der Waals surface area contributed by atoms with Gasteiger partial charge in [0.25, 0.3) is 0 Å². The highest BCUT2D eigenvalue weighted by Gasteiger charge is 2.54. The number of hydrogen-bond donors (Lipinski definition) is 2. The Morgan fingerprint density at radius 3 is 2.88 bits per heavy atom. The van der Waals surface area contributed by atoms with Crippen molar-refractivity contribution in [1.29, 1.82) is 0 Å². The number of carboxylic acids is 1. The highest BCUT2D eigenvalue weighted by atomic mass is 32.2. The minimum Gasteiger partial charge on any atom is -0.479 e. The lowest BCUT2D eigenvalue weighted by Gasteiger charge is -2.51. The van der Waals surface area contributed by atoms with E-state index in [9.17, 15) is 14.4 Å². The molecule has 6 nitrogen and oxygen atoms in total. The molecule has 0 aliphatic carbocycles. The fraction of sp³-hybridized carbons (Fsp3) is 0.444. The summed E-state index contributed by atoms with van der Waals surface area (Å²) in [5.41, 5.74) is 6.00. The second kappa shape index (κ2) is 3.91. The lowest BCUT2D eigenvalue weighted by Crippen LogP contribution is -2.73. The third kappa shape index (κ3) is 1.43. The molecule has 0 bridgehead atoms. The number of thioether (sulfide) groups is 1. The van der Waals surface area contributed by atoms with Crippen molar-refractivity contribution in [1.82, 2.24) is 4.90 Å². The number of β-lactam (4-membered cyclic amide) rings is 1. The number of aliphatic carboxylic acids is 1. The molecule has 2 rings (SSSR count). The van der Waals surface area contributed by atoms with Gasteiger partial charge in [-0.05, 0) is 11.6 Å². The van der Waals surface area contributed by atoms with Crippen LogP contribution in [0.4, 0.5) is 0 Å². The van der Waals surface area contributed by atoms with Crippen molar-refractivity contribution < 1.29 is 19.5 Å². The Morgan fingerprint density at radius 2 is 2.31 bits per heavy atom. The highest BCUT2D eigenvalue weighted by Crippen LogP contribution is 2.39. The average Bonchev–Trinajstić information content (AvgIpc) is 2.27. The Labute approximate surface area is 95.5 Å². The Morgan fingerprint density at radius 1 is 1.62 bits per heavy atom. The minimum absolute atomic E-state index is 0.280. The van der Waals surface area contributed by atoms with Gasteiger partial charge in [0.2, 0.25) is 5.91 Å². The Hall–Kier alpha value is -1.34. The summed E-state index contributed by atoms with van der Waals surface area (Å²) in [7, 11) is 0. The number of rotatable bonds is 2. The SMILES string of the molecule is N[C@@H]1C(=O)N2C(C(=O)O)C(=CC=O)CS[C@@H]12. The molecule has 16 heavy (non-hydrogen) atoms. The van der Waals surface area contributed by atoms with Crippen LogP contribution in [0.2, 0.25) is 0 Å². The molecule has 2 saturated heterocycles. The number of nitrogens with zero attached hydrogens (tertiary/aromatic N) is 1. The van der Waals surface area contributed by atoms with Crippen molar-refractivity contribution >= 4 is 29.9 Å². The third-order valence-corrected chi connectivity index (χ3v) is 4.05.